The van der Waals surface area contributed by atoms with Gasteiger partial charge < -0.3 is 10.6 Å². The van der Waals surface area contributed by atoms with Crippen molar-refractivity contribution in [2.24, 2.45) is 10.7 Å². The minimum absolute atomic E-state index is 0.128. The van der Waals surface area contributed by atoms with Crippen LogP contribution in [0.5, 0.6) is 0 Å². The second-order valence-corrected chi connectivity index (χ2v) is 3.88. The molecule has 11 heavy (non-hydrogen) atoms. The molecule has 0 unspecified atom stereocenters. The van der Waals surface area contributed by atoms with Crippen LogP contribution in [-0.4, -0.2) is 36.4 Å². The highest BCUT2D eigenvalue weighted by Crippen LogP contribution is 2.10. The van der Waals surface area contributed by atoms with Crippen LogP contribution in [0.2, 0.25) is 0 Å². The van der Waals surface area contributed by atoms with Gasteiger partial charge in [0.15, 0.2) is 0 Å². The molecule has 0 saturated carbocycles. The SMILES string of the molecule is CN1CCN=C1CC(C)(C)N. The molecule has 1 aliphatic rings. The van der Waals surface area contributed by atoms with Crippen molar-refractivity contribution in [2.75, 3.05) is 20.1 Å². The van der Waals surface area contributed by atoms with Crippen molar-refractivity contribution in [3.8, 4) is 0 Å². The van der Waals surface area contributed by atoms with Crippen LogP contribution in [0.3, 0.4) is 0 Å². The van der Waals surface area contributed by atoms with Crippen molar-refractivity contribution in [2.45, 2.75) is 25.8 Å². The third kappa shape index (κ3) is 2.50. The largest absolute Gasteiger partial charge is 0.362 e. The van der Waals surface area contributed by atoms with Gasteiger partial charge in [0, 0.05) is 25.6 Å². The first-order valence-corrected chi connectivity index (χ1v) is 4.02. The van der Waals surface area contributed by atoms with Gasteiger partial charge in [-0.1, -0.05) is 0 Å². The van der Waals surface area contributed by atoms with Crippen molar-refractivity contribution in [3.63, 3.8) is 0 Å². The number of aliphatic imine (C=N–C) groups is 1. The molecular weight excluding hydrogens is 138 g/mol. The van der Waals surface area contributed by atoms with Gasteiger partial charge in [-0.25, -0.2) is 0 Å². The van der Waals surface area contributed by atoms with Crippen molar-refractivity contribution >= 4 is 5.84 Å². The molecule has 0 aromatic rings. The summed E-state index contributed by atoms with van der Waals surface area (Å²) in [5, 5.41) is 0. The number of nitrogens with zero attached hydrogens (tertiary/aromatic N) is 2. The zero-order valence-electron chi connectivity index (χ0n) is 7.59. The molecule has 0 aromatic heterocycles. The summed E-state index contributed by atoms with van der Waals surface area (Å²) >= 11 is 0. The summed E-state index contributed by atoms with van der Waals surface area (Å²) < 4.78 is 0. The van der Waals surface area contributed by atoms with E-state index in [-0.39, 0.29) is 5.54 Å². The third-order valence-corrected chi connectivity index (χ3v) is 1.78. The maximum absolute atomic E-state index is 5.87. The number of amidine groups is 1. The summed E-state index contributed by atoms with van der Waals surface area (Å²) in [7, 11) is 2.07. The van der Waals surface area contributed by atoms with Gasteiger partial charge in [-0.2, -0.15) is 0 Å². The second-order valence-electron chi connectivity index (χ2n) is 3.88. The fraction of sp³-hybridized carbons (Fsp3) is 0.875. The van der Waals surface area contributed by atoms with Crippen LogP contribution in [0.1, 0.15) is 20.3 Å². The van der Waals surface area contributed by atoms with E-state index in [0.29, 0.717) is 0 Å². The molecule has 3 nitrogen and oxygen atoms in total. The normalized spacial score (nSPS) is 18.9. The highest BCUT2D eigenvalue weighted by atomic mass is 15.2. The summed E-state index contributed by atoms with van der Waals surface area (Å²) in [4.78, 5) is 6.54. The summed E-state index contributed by atoms with van der Waals surface area (Å²) in [5.74, 6) is 1.15. The van der Waals surface area contributed by atoms with Gasteiger partial charge >= 0.3 is 0 Å². The molecule has 0 fully saturated rings. The van der Waals surface area contributed by atoms with Gasteiger partial charge in [-0.3, -0.25) is 4.99 Å². The van der Waals surface area contributed by atoms with Crippen LogP contribution in [0.15, 0.2) is 4.99 Å². The molecule has 0 radical (unpaired) electrons. The Morgan fingerprint density at radius 3 is 2.64 bits per heavy atom. The molecular formula is C8H17N3. The van der Waals surface area contributed by atoms with Gasteiger partial charge in [-0.15, -0.1) is 0 Å². The third-order valence-electron chi connectivity index (χ3n) is 1.78. The number of likely N-dealkylation sites (N-methyl/N-ethyl adjacent to an activating group) is 1. The molecule has 0 bridgehead atoms. The summed E-state index contributed by atoms with van der Waals surface area (Å²) in [6, 6.07) is 0. The zero-order chi connectivity index (χ0) is 8.48. The summed E-state index contributed by atoms with van der Waals surface area (Å²) in [6.45, 7) is 6.04. The van der Waals surface area contributed by atoms with Crippen molar-refractivity contribution < 1.29 is 0 Å². The lowest BCUT2D eigenvalue weighted by Gasteiger charge is -2.22. The molecule has 1 rings (SSSR count). The van der Waals surface area contributed by atoms with Crippen molar-refractivity contribution in [1.82, 2.24) is 4.90 Å². The van der Waals surface area contributed by atoms with Crippen LogP contribution >= 0.6 is 0 Å². The number of hydrogen-bond donors (Lipinski definition) is 1. The maximum Gasteiger partial charge on any atom is 0.101 e. The average Bonchev–Trinajstić information content (AvgIpc) is 2.12. The second kappa shape index (κ2) is 2.81. The molecule has 2 N–H and O–H groups in total. The molecule has 0 saturated heterocycles. The molecule has 0 aliphatic carbocycles. The average molecular weight is 155 g/mol. The predicted octanol–water partition coefficient (Wildman–Crippen LogP) is 0.458. The fourth-order valence-electron chi connectivity index (χ4n) is 1.18. The molecule has 1 heterocycles. The van der Waals surface area contributed by atoms with Crippen LogP contribution in [0, 0.1) is 0 Å². The quantitative estimate of drug-likeness (QED) is 0.629. The lowest BCUT2D eigenvalue weighted by molar-refractivity contribution is 0.488. The topological polar surface area (TPSA) is 41.6 Å². The van der Waals surface area contributed by atoms with E-state index < -0.39 is 0 Å². The van der Waals surface area contributed by atoms with Gasteiger partial charge in [-0.05, 0) is 13.8 Å². The van der Waals surface area contributed by atoms with E-state index in [1.165, 1.54) is 0 Å². The molecule has 0 aromatic carbocycles. The number of nitrogens with two attached hydrogens (primary N) is 1. The van der Waals surface area contributed by atoms with E-state index >= 15 is 0 Å². The Kier molecular flexibility index (Phi) is 2.18. The number of rotatable bonds is 2. The van der Waals surface area contributed by atoms with Crippen molar-refractivity contribution in [3.05, 3.63) is 0 Å². The molecule has 1 aliphatic heterocycles. The van der Waals surface area contributed by atoms with E-state index in [0.717, 1.165) is 25.3 Å². The molecule has 0 amide bonds. The molecule has 3 heteroatoms. The van der Waals surface area contributed by atoms with E-state index in [1.54, 1.807) is 0 Å². The lowest BCUT2D eigenvalue weighted by Crippen LogP contribution is -2.38. The first-order chi connectivity index (χ1) is 4.99. The van der Waals surface area contributed by atoms with Gasteiger partial charge in [0.25, 0.3) is 0 Å². The number of hydrogen-bond acceptors (Lipinski definition) is 3. The first kappa shape index (κ1) is 8.53. The van der Waals surface area contributed by atoms with Gasteiger partial charge in [0.2, 0.25) is 0 Å². The molecule has 64 valence electrons. The Hall–Kier alpha value is -0.570. The highest BCUT2D eigenvalue weighted by molar-refractivity contribution is 5.84. The van der Waals surface area contributed by atoms with Crippen LogP contribution in [0.25, 0.3) is 0 Å². The Bertz CT molecular complexity index is 167. The van der Waals surface area contributed by atoms with Crippen LogP contribution in [0.4, 0.5) is 0 Å². The smallest absolute Gasteiger partial charge is 0.101 e. The van der Waals surface area contributed by atoms with Crippen molar-refractivity contribution in [1.29, 1.82) is 0 Å². The Balaban J connectivity index is 2.49. The van der Waals surface area contributed by atoms with Crippen LogP contribution < -0.4 is 5.73 Å². The first-order valence-electron chi connectivity index (χ1n) is 4.02. The Labute approximate surface area is 68.3 Å². The van der Waals surface area contributed by atoms with E-state index in [4.69, 9.17) is 5.73 Å². The monoisotopic (exact) mass is 155 g/mol. The molecule has 0 spiro atoms. The van der Waals surface area contributed by atoms with Gasteiger partial charge in [0.05, 0.1) is 6.54 Å². The summed E-state index contributed by atoms with van der Waals surface area (Å²) in [6.07, 6.45) is 0.878. The summed E-state index contributed by atoms with van der Waals surface area (Å²) in [5.41, 5.74) is 5.74. The van der Waals surface area contributed by atoms with E-state index in [2.05, 4.69) is 16.9 Å². The van der Waals surface area contributed by atoms with E-state index in [9.17, 15) is 0 Å². The fourth-order valence-corrected chi connectivity index (χ4v) is 1.18. The Morgan fingerprint density at radius 1 is 1.64 bits per heavy atom. The van der Waals surface area contributed by atoms with Gasteiger partial charge in [0.1, 0.15) is 5.84 Å². The Morgan fingerprint density at radius 2 is 2.27 bits per heavy atom. The highest BCUT2D eigenvalue weighted by Gasteiger charge is 2.19. The van der Waals surface area contributed by atoms with Crippen LogP contribution in [-0.2, 0) is 0 Å². The predicted molar refractivity (Wildman–Crippen MR) is 47.8 cm³/mol. The van der Waals surface area contributed by atoms with E-state index in [1.807, 2.05) is 13.8 Å². The minimum atomic E-state index is -0.128. The standard InChI is InChI=1S/C8H17N3/c1-8(2,9)6-7-10-4-5-11(7)3/h4-6,9H2,1-3H3. The zero-order valence-corrected chi connectivity index (χ0v) is 7.59. The minimum Gasteiger partial charge on any atom is -0.362 e. The lowest BCUT2D eigenvalue weighted by atomic mass is 10.0. The maximum atomic E-state index is 5.87. The molecule has 0 atom stereocenters.